The molecule has 0 aliphatic rings. The fraction of sp³-hybridized carbons (Fsp3) is 0.400. The van der Waals surface area contributed by atoms with Gasteiger partial charge in [0, 0.05) is 6.20 Å². The van der Waals surface area contributed by atoms with Gasteiger partial charge >= 0.3 is 5.97 Å². The molecular formula is C10H10BrClFNO2. The van der Waals surface area contributed by atoms with Gasteiger partial charge in [0.05, 0.1) is 4.47 Å². The van der Waals surface area contributed by atoms with Crippen LogP contribution in [0.25, 0.3) is 0 Å². The summed E-state index contributed by atoms with van der Waals surface area (Å²) in [5.74, 6) is -1.66. The lowest BCUT2D eigenvalue weighted by atomic mass is 10.2. The summed E-state index contributed by atoms with van der Waals surface area (Å²) in [6.45, 7) is 5.08. The number of halogens is 3. The zero-order chi connectivity index (χ0) is 12.5. The van der Waals surface area contributed by atoms with Crippen molar-refractivity contribution in [2.75, 3.05) is 0 Å². The average Bonchev–Trinajstić information content (AvgIpc) is 2.09. The van der Waals surface area contributed by atoms with Crippen molar-refractivity contribution in [1.29, 1.82) is 0 Å². The van der Waals surface area contributed by atoms with E-state index in [4.69, 9.17) is 16.3 Å². The molecule has 0 fully saturated rings. The summed E-state index contributed by atoms with van der Waals surface area (Å²) in [5, 5.41) is -0.357. The van der Waals surface area contributed by atoms with Gasteiger partial charge in [0.2, 0.25) is 0 Å². The molecule has 1 heterocycles. The van der Waals surface area contributed by atoms with Gasteiger partial charge in [-0.3, -0.25) is 0 Å². The van der Waals surface area contributed by atoms with Gasteiger partial charge in [-0.25, -0.2) is 14.2 Å². The van der Waals surface area contributed by atoms with E-state index < -0.39 is 17.4 Å². The van der Waals surface area contributed by atoms with Crippen molar-refractivity contribution < 1.29 is 13.9 Å². The monoisotopic (exact) mass is 309 g/mol. The molecule has 0 bridgehead atoms. The van der Waals surface area contributed by atoms with Gasteiger partial charge in [-0.1, -0.05) is 11.6 Å². The van der Waals surface area contributed by atoms with Crippen LogP contribution in [0.2, 0.25) is 5.15 Å². The highest BCUT2D eigenvalue weighted by molar-refractivity contribution is 9.10. The van der Waals surface area contributed by atoms with E-state index in [1.54, 1.807) is 20.8 Å². The Morgan fingerprint density at radius 3 is 2.62 bits per heavy atom. The fourth-order valence-electron chi connectivity index (χ4n) is 0.959. The van der Waals surface area contributed by atoms with Crippen LogP contribution in [-0.4, -0.2) is 16.6 Å². The highest BCUT2D eigenvalue weighted by Gasteiger charge is 2.25. The maximum Gasteiger partial charge on any atom is 0.342 e. The Bertz CT molecular complexity index is 432. The van der Waals surface area contributed by atoms with Crippen LogP contribution < -0.4 is 0 Å². The van der Waals surface area contributed by atoms with Crippen molar-refractivity contribution in [3.63, 3.8) is 0 Å². The number of ether oxygens (including phenoxy) is 1. The molecule has 0 atom stereocenters. The molecule has 0 unspecified atom stereocenters. The summed E-state index contributed by atoms with van der Waals surface area (Å²) >= 11 is 8.51. The van der Waals surface area contributed by atoms with Crippen molar-refractivity contribution in [2.24, 2.45) is 0 Å². The molecule has 1 aromatic rings. The Hall–Kier alpha value is -0.680. The number of esters is 1. The normalized spacial score (nSPS) is 11.4. The molecule has 0 aromatic carbocycles. The molecule has 0 N–H and O–H groups in total. The molecule has 3 nitrogen and oxygen atoms in total. The van der Waals surface area contributed by atoms with E-state index >= 15 is 0 Å². The van der Waals surface area contributed by atoms with Gasteiger partial charge in [-0.2, -0.15) is 0 Å². The van der Waals surface area contributed by atoms with Crippen molar-refractivity contribution >= 4 is 33.5 Å². The standard InChI is InChI=1S/C10H10BrClFNO2/c1-10(2,3)16-9(15)6-5(11)4-14-8(12)7(6)13/h4H,1-3H3. The fourth-order valence-corrected chi connectivity index (χ4v) is 1.54. The number of hydrogen-bond donors (Lipinski definition) is 0. The zero-order valence-electron chi connectivity index (χ0n) is 8.97. The van der Waals surface area contributed by atoms with Crippen molar-refractivity contribution in [2.45, 2.75) is 26.4 Å². The third-order valence-corrected chi connectivity index (χ3v) is 2.40. The van der Waals surface area contributed by atoms with Gasteiger partial charge in [0.1, 0.15) is 11.2 Å². The Kier molecular flexibility index (Phi) is 3.91. The number of pyridine rings is 1. The van der Waals surface area contributed by atoms with Crippen LogP contribution in [0.1, 0.15) is 31.1 Å². The summed E-state index contributed by atoms with van der Waals surface area (Å²) < 4.78 is 18.8. The maximum absolute atomic E-state index is 13.6. The van der Waals surface area contributed by atoms with Gasteiger partial charge in [-0.05, 0) is 36.7 Å². The van der Waals surface area contributed by atoms with Gasteiger partial charge < -0.3 is 4.74 Å². The SMILES string of the molecule is CC(C)(C)OC(=O)c1c(Br)cnc(Cl)c1F. The lowest BCUT2D eigenvalue weighted by molar-refractivity contribution is 0.00634. The Morgan fingerprint density at radius 2 is 2.12 bits per heavy atom. The van der Waals surface area contributed by atoms with E-state index in [2.05, 4.69) is 20.9 Å². The van der Waals surface area contributed by atoms with E-state index in [-0.39, 0.29) is 15.2 Å². The molecule has 6 heteroatoms. The van der Waals surface area contributed by atoms with Crippen molar-refractivity contribution in [3.8, 4) is 0 Å². The molecular weight excluding hydrogens is 300 g/mol. The number of carbonyl (C=O) groups excluding carboxylic acids is 1. The molecule has 0 spiro atoms. The van der Waals surface area contributed by atoms with Gasteiger partial charge in [0.15, 0.2) is 11.0 Å². The number of carbonyl (C=O) groups is 1. The minimum absolute atomic E-state index is 0.212. The second-order valence-electron chi connectivity index (χ2n) is 4.09. The van der Waals surface area contributed by atoms with E-state index in [0.29, 0.717) is 0 Å². The van der Waals surface area contributed by atoms with Gasteiger partial charge in [0.25, 0.3) is 0 Å². The predicted octanol–water partition coefficient (Wildman–Crippen LogP) is 3.59. The number of aromatic nitrogens is 1. The molecule has 0 aliphatic heterocycles. The quantitative estimate of drug-likeness (QED) is 0.588. The highest BCUT2D eigenvalue weighted by atomic mass is 79.9. The molecule has 88 valence electrons. The van der Waals surface area contributed by atoms with Crippen LogP contribution in [0.3, 0.4) is 0 Å². The van der Waals surface area contributed by atoms with Crippen LogP contribution in [0.4, 0.5) is 4.39 Å². The third kappa shape index (κ3) is 3.15. The zero-order valence-corrected chi connectivity index (χ0v) is 11.3. The summed E-state index contributed by atoms with van der Waals surface area (Å²) in [4.78, 5) is 15.2. The first-order valence-electron chi connectivity index (χ1n) is 4.45. The Labute approximate surface area is 106 Å². The topological polar surface area (TPSA) is 39.2 Å². The molecule has 1 aromatic heterocycles. The minimum atomic E-state index is -0.884. The van der Waals surface area contributed by atoms with E-state index in [1.165, 1.54) is 6.20 Å². The molecule has 16 heavy (non-hydrogen) atoms. The predicted molar refractivity (Wildman–Crippen MR) is 62.1 cm³/mol. The second kappa shape index (κ2) is 4.67. The molecule has 0 saturated carbocycles. The maximum atomic E-state index is 13.6. The number of rotatable bonds is 1. The Balaban J connectivity index is 3.14. The molecule has 0 aliphatic carbocycles. The summed E-state index contributed by atoms with van der Waals surface area (Å²) in [5.41, 5.74) is -0.937. The lowest BCUT2D eigenvalue weighted by Crippen LogP contribution is -2.25. The van der Waals surface area contributed by atoms with E-state index in [0.717, 1.165) is 0 Å². The van der Waals surface area contributed by atoms with Crippen LogP contribution in [0, 0.1) is 5.82 Å². The molecule has 1 rings (SSSR count). The first kappa shape index (κ1) is 13.4. The van der Waals surface area contributed by atoms with Crippen molar-refractivity contribution in [3.05, 3.63) is 27.2 Å². The number of nitrogens with zero attached hydrogens (tertiary/aromatic N) is 1. The van der Waals surface area contributed by atoms with Crippen molar-refractivity contribution in [1.82, 2.24) is 4.98 Å². The minimum Gasteiger partial charge on any atom is -0.456 e. The smallest absolute Gasteiger partial charge is 0.342 e. The Morgan fingerprint density at radius 1 is 1.56 bits per heavy atom. The largest absolute Gasteiger partial charge is 0.456 e. The van der Waals surface area contributed by atoms with Crippen LogP contribution in [-0.2, 0) is 4.74 Å². The molecule has 0 radical (unpaired) electrons. The molecule has 0 saturated heterocycles. The highest BCUT2D eigenvalue weighted by Crippen LogP contribution is 2.25. The van der Waals surface area contributed by atoms with E-state index in [1.807, 2.05) is 0 Å². The second-order valence-corrected chi connectivity index (χ2v) is 5.30. The van der Waals surface area contributed by atoms with E-state index in [9.17, 15) is 9.18 Å². The van der Waals surface area contributed by atoms with Crippen LogP contribution in [0.5, 0.6) is 0 Å². The van der Waals surface area contributed by atoms with Gasteiger partial charge in [-0.15, -0.1) is 0 Å². The third-order valence-electron chi connectivity index (χ3n) is 1.53. The average molecular weight is 311 g/mol. The molecule has 0 amide bonds. The first-order chi connectivity index (χ1) is 7.22. The number of hydrogen-bond acceptors (Lipinski definition) is 3. The first-order valence-corrected chi connectivity index (χ1v) is 5.62. The summed E-state index contributed by atoms with van der Waals surface area (Å²) in [6, 6.07) is 0. The lowest BCUT2D eigenvalue weighted by Gasteiger charge is -2.20. The van der Waals surface area contributed by atoms with Crippen LogP contribution in [0.15, 0.2) is 10.7 Å². The van der Waals surface area contributed by atoms with Crippen LogP contribution >= 0.6 is 27.5 Å². The summed E-state index contributed by atoms with van der Waals surface area (Å²) in [6.07, 6.45) is 1.25. The summed E-state index contributed by atoms with van der Waals surface area (Å²) in [7, 11) is 0.